The SMILES string of the molecule is Cc1cc(-c2cc(C(=O)O)ccc2Cl)ccc1CN(C)C(=O)c1c(F)cccc1Cl. The van der Waals surface area contributed by atoms with Crippen molar-refractivity contribution in [3.63, 3.8) is 0 Å². The highest BCUT2D eigenvalue weighted by Gasteiger charge is 2.20. The predicted octanol–water partition coefficient (Wildman–Crippen LogP) is 6.08. The molecule has 3 rings (SSSR count). The van der Waals surface area contributed by atoms with Crippen LogP contribution < -0.4 is 0 Å². The van der Waals surface area contributed by atoms with Crippen molar-refractivity contribution >= 4 is 35.1 Å². The lowest BCUT2D eigenvalue weighted by Gasteiger charge is -2.20. The van der Waals surface area contributed by atoms with Crippen molar-refractivity contribution in [3.05, 3.63) is 92.7 Å². The van der Waals surface area contributed by atoms with Crippen LogP contribution in [0.3, 0.4) is 0 Å². The second-order valence-corrected chi connectivity index (χ2v) is 7.71. The van der Waals surface area contributed by atoms with E-state index in [1.165, 1.54) is 35.2 Å². The van der Waals surface area contributed by atoms with E-state index in [1.54, 1.807) is 13.1 Å². The molecule has 1 N–H and O–H groups in total. The normalized spacial score (nSPS) is 10.7. The number of hydrogen-bond donors (Lipinski definition) is 1. The number of halogens is 3. The fraction of sp³-hybridized carbons (Fsp3) is 0.130. The van der Waals surface area contributed by atoms with E-state index in [2.05, 4.69) is 0 Å². The molecule has 30 heavy (non-hydrogen) atoms. The number of nitrogens with zero attached hydrogens (tertiary/aromatic N) is 1. The number of carbonyl (C=O) groups excluding carboxylic acids is 1. The van der Waals surface area contributed by atoms with Crippen LogP contribution in [0.25, 0.3) is 11.1 Å². The van der Waals surface area contributed by atoms with E-state index in [-0.39, 0.29) is 22.7 Å². The van der Waals surface area contributed by atoms with Gasteiger partial charge in [0.05, 0.1) is 16.1 Å². The molecule has 0 aliphatic heterocycles. The van der Waals surface area contributed by atoms with Gasteiger partial charge in [-0.15, -0.1) is 0 Å². The van der Waals surface area contributed by atoms with Gasteiger partial charge in [0.1, 0.15) is 5.82 Å². The molecule has 0 aromatic heterocycles. The summed E-state index contributed by atoms with van der Waals surface area (Å²) < 4.78 is 14.1. The summed E-state index contributed by atoms with van der Waals surface area (Å²) in [6.45, 7) is 2.13. The maximum atomic E-state index is 14.1. The minimum Gasteiger partial charge on any atom is -0.478 e. The second kappa shape index (κ2) is 8.86. The Kier molecular flexibility index (Phi) is 6.44. The molecule has 0 saturated heterocycles. The number of carboxylic acids is 1. The number of benzene rings is 3. The molecule has 0 unspecified atom stereocenters. The van der Waals surface area contributed by atoms with Crippen molar-refractivity contribution in [2.75, 3.05) is 7.05 Å². The molecule has 0 fully saturated rings. The Labute approximate surface area is 183 Å². The molecule has 0 bridgehead atoms. The molecular formula is C23H18Cl2FNO3. The van der Waals surface area contributed by atoms with Gasteiger partial charge in [-0.2, -0.15) is 0 Å². The molecule has 0 saturated carbocycles. The Morgan fingerprint density at radius 2 is 1.77 bits per heavy atom. The summed E-state index contributed by atoms with van der Waals surface area (Å²) in [5, 5.41) is 9.71. The van der Waals surface area contributed by atoms with Crippen LogP contribution in [0, 0.1) is 12.7 Å². The number of amides is 1. The minimum absolute atomic E-state index is 0.0619. The van der Waals surface area contributed by atoms with Crippen LogP contribution in [0.5, 0.6) is 0 Å². The molecule has 3 aromatic rings. The Balaban J connectivity index is 1.87. The zero-order chi connectivity index (χ0) is 22.0. The highest BCUT2D eigenvalue weighted by Crippen LogP contribution is 2.31. The molecular weight excluding hydrogens is 428 g/mol. The number of carboxylic acid groups (broad SMARTS) is 1. The summed E-state index contributed by atoms with van der Waals surface area (Å²) in [6, 6.07) is 14.2. The topological polar surface area (TPSA) is 57.6 Å². The van der Waals surface area contributed by atoms with E-state index in [0.717, 1.165) is 16.7 Å². The van der Waals surface area contributed by atoms with E-state index in [4.69, 9.17) is 23.2 Å². The third kappa shape index (κ3) is 4.48. The number of aromatic carboxylic acids is 1. The number of hydrogen-bond acceptors (Lipinski definition) is 2. The first kappa shape index (κ1) is 21.8. The smallest absolute Gasteiger partial charge is 0.335 e. The summed E-state index contributed by atoms with van der Waals surface area (Å²) >= 11 is 12.3. The average molecular weight is 446 g/mol. The van der Waals surface area contributed by atoms with Crippen molar-refractivity contribution in [1.29, 1.82) is 0 Å². The molecule has 7 heteroatoms. The van der Waals surface area contributed by atoms with Crippen LogP contribution >= 0.6 is 23.2 Å². The van der Waals surface area contributed by atoms with Crippen molar-refractivity contribution in [1.82, 2.24) is 4.90 Å². The second-order valence-electron chi connectivity index (χ2n) is 6.90. The third-order valence-corrected chi connectivity index (χ3v) is 5.44. The Bertz CT molecular complexity index is 1130. The molecule has 4 nitrogen and oxygen atoms in total. The molecule has 0 atom stereocenters. The van der Waals surface area contributed by atoms with E-state index < -0.39 is 17.7 Å². The largest absolute Gasteiger partial charge is 0.478 e. The number of rotatable bonds is 5. The van der Waals surface area contributed by atoms with Crippen molar-refractivity contribution in [2.45, 2.75) is 13.5 Å². The fourth-order valence-electron chi connectivity index (χ4n) is 3.14. The summed E-state index contributed by atoms with van der Waals surface area (Å²) in [5.74, 6) is -2.22. The van der Waals surface area contributed by atoms with Gasteiger partial charge in [0.15, 0.2) is 0 Å². The van der Waals surface area contributed by atoms with E-state index in [1.807, 2.05) is 25.1 Å². The zero-order valence-corrected chi connectivity index (χ0v) is 17.8. The Hall–Kier alpha value is -2.89. The monoisotopic (exact) mass is 445 g/mol. The molecule has 0 aliphatic carbocycles. The Morgan fingerprint density at radius 3 is 2.40 bits per heavy atom. The van der Waals surface area contributed by atoms with Gasteiger partial charge in [0, 0.05) is 24.2 Å². The van der Waals surface area contributed by atoms with Crippen LogP contribution in [-0.2, 0) is 6.54 Å². The van der Waals surface area contributed by atoms with Crippen LogP contribution in [0.1, 0.15) is 31.8 Å². The van der Waals surface area contributed by atoms with Crippen LogP contribution in [0.2, 0.25) is 10.0 Å². The van der Waals surface area contributed by atoms with E-state index >= 15 is 0 Å². The van der Waals surface area contributed by atoms with E-state index in [0.29, 0.717) is 10.6 Å². The Morgan fingerprint density at radius 1 is 1.03 bits per heavy atom. The van der Waals surface area contributed by atoms with Gasteiger partial charge in [-0.25, -0.2) is 9.18 Å². The van der Waals surface area contributed by atoms with Crippen molar-refractivity contribution in [2.24, 2.45) is 0 Å². The first-order valence-electron chi connectivity index (χ1n) is 9.01. The molecule has 3 aromatic carbocycles. The number of carbonyl (C=O) groups is 2. The van der Waals surface area contributed by atoms with Gasteiger partial charge >= 0.3 is 5.97 Å². The van der Waals surface area contributed by atoms with Gasteiger partial charge in [-0.05, 0) is 53.9 Å². The maximum absolute atomic E-state index is 14.1. The fourth-order valence-corrected chi connectivity index (χ4v) is 3.61. The molecule has 0 radical (unpaired) electrons. The predicted molar refractivity (Wildman–Crippen MR) is 116 cm³/mol. The summed E-state index contributed by atoms with van der Waals surface area (Å²) in [4.78, 5) is 25.3. The summed E-state index contributed by atoms with van der Waals surface area (Å²) in [6.07, 6.45) is 0. The van der Waals surface area contributed by atoms with Gasteiger partial charge in [0.2, 0.25) is 0 Å². The highest BCUT2D eigenvalue weighted by molar-refractivity contribution is 6.34. The zero-order valence-electron chi connectivity index (χ0n) is 16.2. The van der Waals surface area contributed by atoms with E-state index in [9.17, 15) is 19.1 Å². The first-order chi connectivity index (χ1) is 14.2. The summed E-state index contributed by atoms with van der Waals surface area (Å²) in [7, 11) is 1.58. The molecule has 0 aliphatic rings. The van der Waals surface area contributed by atoms with Crippen molar-refractivity contribution < 1.29 is 19.1 Å². The molecule has 154 valence electrons. The van der Waals surface area contributed by atoms with Gasteiger partial charge < -0.3 is 10.0 Å². The highest BCUT2D eigenvalue weighted by atomic mass is 35.5. The summed E-state index contributed by atoms with van der Waals surface area (Å²) in [5.41, 5.74) is 3.08. The molecule has 0 spiro atoms. The van der Waals surface area contributed by atoms with Crippen LogP contribution in [0.4, 0.5) is 4.39 Å². The lowest BCUT2D eigenvalue weighted by molar-refractivity contribution is 0.0696. The van der Waals surface area contributed by atoms with Crippen LogP contribution in [0.15, 0.2) is 54.6 Å². The van der Waals surface area contributed by atoms with Gasteiger partial charge in [-0.1, -0.05) is 47.5 Å². The molecule has 1 amide bonds. The average Bonchev–Trinajstić information content (AvgIpc) is 2.69. The first-order valence-corrected chi connectivity index (χ1v) is 9.77. The standard InChI is InChI=1S/C23H18Cl2FNO3/c1-13-10-14(17-11-15(23(29)30)8-9-18(17)24)6-7-16(13)12-27(2)22(28)21-19(25)4-3-5-20(21)26/h3-11H,12H2,1-2H3,(H,29,30). The number of aryl methyl sites for hydroxylation is 1. The third-order valence-electron chi connectivity index (χ3n) is 4.80. The van der Waals surface area contributed by atoms with Crippen LogP contribution in [-0.4, -0.2) is 28.9 Å². The molecule has 0 heterocycles. The lowest BCUT2D eigenvalue weighted by atomic mass is 9.98. The van der Waals surface area contributed by atoms with Crippen molar-refractivity contribution in [3.8, 4) is 11.1 Å². The maximum Gasteiger partial charge on any atom is 0.335 e. The van der Waals surface area contributed by atoms with Gasteiger partial charge in [0.25, 0.3) is 5.91 Å². The lowest BCUT2D eigenvalue weighted by Crippen LogP contribution is -2.27. The minimum atomic E-state index is -1.03. The quantitative estimate of drug-likeness (QED) is 0.517. The van der Waals surface area contributed by atoms with Gasteiger partial charge in [-0.3, -0.25) is 4.79 Å².